The number of hydrogen-bond acceptors (Lipinski definition) is 1. The van der Waals surface area contributed by atoms with Gasteiger partial charge in [0, 0.05) is 12.5 Å². The summed E-state index contributed by atoms with van der Waals surface area (Å²) >= 11 is 0. The van der Waals surface area contributed by atoms with Gasteiger partial charge in [-0.15, -0.1) is 0 Å². The SMILES string of the molecule is CC=C(CC[C@@H](C)[C@H]1CC[C@H]2[C@@H]3CCC4CCCC[C@]4(C)[C@H]3CC[C@]12C)C(C)CO. The van der Waals surface area contributed by atoms with Crippen LogP contribution in [0.2, 0.25) is 0 Å². The highest BCUT2D eigenvalue weighted by atomic mass is 16.3. The Morgan fingerprint density at radius 2 is 1.70 bits per heavy atom. The fraction of sp³-hybridized carbons (Fsp3) is 0.931. The molecule has 4 aliphatic rings. The molecule has 0 aromatic heterocycles. The van der Waals surface area contributed by atoms with Crippen LogP contribution in [0.15, 0.2) is 11.6 Å². The van der Waals surface area contributed by atoms with Crippen LogP contribution in [0.5, 0.6) is 0 Å². The minimum absolute atomic E-state index is 0.292. The van der Waals surface area contributed by atoms with Gasteiger partial charge in [-0.1, -0.05) is 52.2 Å². The van der Waals surface area contributed by atoms with E-state index in [4.69, 9.17) is 0 Å². The maximum Gasteiger partial charge on any atom is 0.0493 e. The van der Waals surface area contributed by atoms with Gasteiger partial charge >= 0.3 is 0 Å². The highest BCUT2D eigenvalue weighted by molar-refractivity contribution is 5.10. The van der Waals surface area contributed by atoms with Gasteiger partial charge in [0.15, 0.2) is 0 Å². The van der Waals surface area contributed by atoms with Crippen LogP contribution in [0, 0.1) is 52.3 Å². The number of aliphatic hydroxyl groups excluding tert-OH is 1. The van der Waals surface area contributed by atoms with E-state index in [-0.39, 0.29) is 0 Å². The summed E-state index contributed by atoms with van der Waals surface area (Å²) in [6.45, 7) is 12.6. The molecule has 30 heavy (non-hydrogen) atoms. The number of allylic oxidation sites excluding steroid dienone is 1. The first-order valence-electron chi connectivity index (χ1n) is 13.6. The van der Waals surface area contributed by atoms with Crippen molar-refractivity contribution in [1.82, 2.24) is 0 Å². The molecule has 0 saturated heterocycles. The molecule has 4 fully saturated rings. The molecule has 0 radical (unpaired) electrons. The number of rotatable bonds is 6. The van der Waals surface area contributed by atoms with Crippen LogP contribution in [0.3, 0.4) is 0 Å². The molecule has 1 N–H and O–H groups in total. The van der Waals surface area contributed by atoms with Crippen molar-refractivity contribution in [2.45, 2.75) is 112 Å². The molecule has 0 spiro atoms. The summed E-state index contributed by atoms with van der Waals surface area (Å²) < 4.78 is 0. The van der Waals surface area contributed by atoms with Crippen LogP contribution >= 0.6 is 0 Å². The monoisotopic (exact) mass is 414 g/mol. The van der Waals surface area contributed by atoms with Crippen LogP contribution in [0.25, 0.3) is 0 Å². The first-order valence-corrected chi connectivity index (χ1v) is 13.6. The molecular formula is C29H50O. The molecule has 4 aliphatic carbocycles. The second kappa shape index (κ2) is 8.92. The van der Waals surface area contributed by atoms with E-state index >= 15 is 0 Å². The number of hydrogen-bond donors (Lipinski definition) is 1. The lowest BCUT2D eigenvalue weighted by atomic mass is 9.44. The van der Waals surface area contributed by atoms with E-state index in [0.717, 1.165) is 35.5 Å². The van der Waals surface area contributed by atoms with Crippen molar-refractivity contribution in [3.63, 3.8) is 0 Å². The molecular weight excluding hydrogens is 364 g/mol. The van der Waals surface area contributed by atoms with E-state index in [9.17, 15) is 5.11 Å². The lowest BCUT2D eigenvalue weighted by Gasteiger charge is -2.61. The van der Waals surface area contributed by atoms with Crippen molar-refractivity contribution in [2.75, 3.05) is 6.61 Å². The molecule has 9 atom stereocenters. The largest absolute Gasteiger partial charge is 0.396 e. The second-order valence-electron chi connectivity index (χ2n) is 12.6. The Labute approximate surface area is 187 Å². The van der Waals surface area contributed by atoms with Gasteiger partial charge in [-0.05, 0) is 117 Å². The molecule has 1 heteroatoms. The average Bonchev–Trinajstić information content (AvgIpc) is 3.10. The van der Waals surface area contributed by atoms with Gasteiger partial charge in [0.1, 0.15) is 0 Å². The first kappa shape index (κ1) is 22.9. The highest BCUT2D eigenvalue weighted by Crippen LogP contribution is 2.68. The third-order valence-electron chi connectivity index (χ3n) is 11.5. The third kappa shape index (κ3) is 3.74. The second-order valence-corrected chi connectivity index (χ2v) is 12.6. The van der Waals surface area contributed by atoms with Crippen LogP contribution in [0.1, 0.15) is 112 Å². The topological polar surface area (TPSA) is 20.2 Å². The van der Waals surface area contributed by atoms with Crippen LogP contribution in [-0.4, -0.2) is 11.7 Å². The van der Waals surface area contributed by atoms with Crippen molar-refractivity contribution >= 4 is 0 Å². The molecule has 0 aromatic rings. The summed E-state index contributed by atoms with van der Waals surface area (Å²) in [5.41, 5.74) is 2.74. The fourth-order valence-electron chi connectivity index (χ4n) is 9.66. The van der Waals surface area contributed by atoms with Crippen molar-refractivity contribution < 1.29 is 5.11 Å². The standard InChI is InChI=1S/C29H50O/c1-6-22(21(3)19-30)11-10-20(2)25-14-15-26-24-13-12-23-9-7-8-17-28(23,4)27(24)16-18-29(25,26)5/h6,20-21,23-27,30H,7-19H2,1-5H3/t20-,21?,23?,24+,25-,26+,27+,28+,29-/m1/s1. The van der Waals surface area contributed by atoms with Gasteiger partial charge in [-0.25, -0.2) is 0 Å². The molecule has 2 unspecified atom stereocenters. The zero-order valence-electron chi connectivity index (χ0n) is 20.8. The Hall–Kier alpha value is -0.300. The van der Waals surface area contributed by atoms with Crippen LogP contribution in [-0.2, 0) is 0 Å². The van der Waals surface area contributed by atoms with Gasteiger partial charge in [0.05, 0.1) is 0 Å². The normalized spacial score (nSPS) is 45.9. The zero-order valence-corrected chi connectivity index (χ0v) is 20.8. The Bertz CT molecular complexity index is 622. The minimum Gasteiger partial charge on any atom is -0.396 e. The minimum atomic E-state index is 0.292. The van der Waals surface area contributed by atoms with Gasteiger partial charge in [0.25, 0.3) is 0 Å². The molecule has 1 nitrogen and oxygen atoms in total. The van der Waals surface area contributed by atoms with E-state index in [1.807, 2.05) is 0 Å². The predicted molar refractivity (Wildman–Crippen MR) is 128 cm³/mol. The first-order chi connectivity index (χ1) is 14.3. The Morgan fingerprint density at radius 1 is 0.933 bits per heavy atom. The van der Waals surface area contributed by atoms with Gasteiger partial charge in [-0.3, -0.25) is 0 Å². The predicted octanol–water partition coefficient (Wildman–Crippen LogP) is 8.03. The van der Waals surface area contributed by atoms with Crippen LogP contribution in [0.4, 0.5) is 0 Å². The summed E-state index contributed by atoms with van der Waals surface area (Å²) in [5.74, 6) is 6.17. The molecule has 0 aromatic carbocycles. The van der Waals surface area contributed by atoms with Crippen molar-refractivity contribution in [2.24, 2.45) is 52.3 Å². The summed E-state index contributed by atoms with van der Waals surface area (Å²) in [7, 11) is 0. The van der Waals surface area contributed by atoms with E-state index < -0.39 is 0 Å². The highest BCUT2D eigenvalue weighted by Gasteiger charge is 2.60. The fourth-order valence-corrected chi connectivity index (χ4v) is 9.66. The maximum atomic E-state index is 9.58. The van der Waals surface area contributed by atoms with E-state index in [1.165, 1.54) is 76.2 Å². The van der Waals surface area contributed by atoms with Crippen LogP contribution < -0.4 is 0 Å². The van der Waals surface area contributed by atoms with Crippen molar-refractivity contribution in [1.29, 1.82) is 0 Å². The molecule has 4 saturated carbocycles. The lowest BCUT2D eigenvalue weighted by Crippen LogP contribution is -2.53. The molecule has 0 aliphatic heterocycles. The maximum absolute atomic E-state index is 9.58. The summed E-state index contributed by atoms with van der Waals surface area (Å²) in [5, 5.41) is 9.58. The number of fused-ring (bicyclic) bond motifs is 5. The quantitative estimate of drug-likeness (QED) is 0.436. The molecule has 4 rings (SSSR count). The zero-order chi connectivity index (χ0) is 21.5. The Balaban J connectivity index is 1.45. The summed E-state index contributed by atoms with van der Waals surface area (Å²) in [6.07, 6.45) is 19.9. The molecule has 0 amide bonds. The molecule has 0 heterocycles. The van der Waals surface area contributed by atoms with Gasteiger partial charge < -0.3 is 5.11 Å². The van der Waals surface area contributed by atoms with Gasteiger partial charge in [0.2, 0.25) is 0 Å². The summed E-state index contributed by atoms with van der Waals surface area (Å²) in [6, 6.07) is 0. The average molecular weight is 415 g/mol. The van der Waals surface area contributed by atoms with E-state index in [0.29, 0.717) is 23.4 Å². The third-order valence-corrected chi connectivity index (χ3v) is 11.5. The van der Waals surface area contributed by atoms with Crippen molar-refractivity contribution in [3.05, 3.63) is 11.6 Å². The molecule has 0 bridgehead atoms. The van der Waals surface area contributed by atoms with E-state index in [1.54, 1.807) is 6.42 Å². The molecule has 172 valence electrons. The number of aliphatic hydroxyl groups is 1. The Kier molecular flexibility index (Phi) is 6.80. The van der Waals surface area contributed by atoms with E-state index in [2.05, 4.69) is 40.7 Å². The Morgan fingerprint density at radius 3 is 2.43 bits per heavy atom. The lowest BCUT2D eigenvalue weighted by molar-refractivity contribution is -0.114. The van der Waals surface area contributed by atoms with Crippen molar-refractivity contribution in [3.8, 4) is 0 Å². The smallest absolute Gasteiger partial charge is 0.0493 e. The van der Waals surface area contributed by atoms with Gasteiger partial charge in [-0.2, -0.15) is 0 Å². The summed E-state index contributed by atoms with van der Waals surface area (Å²) in [4.78, 5) is 0.